The normalized spacial score (nSPS) is 17.6. The molecule has 1 aliphatic heterocycles. The van der Waals surface area contributed by atoms with Crippen molar-refractivity contribution in [3.05, 3.63) is 102 Å². The summed E-state index contributed by atoms with van der Waals surface area (Å²) in [5.74, 6) is -1.08. The zero-order valence-corrected chi connectivity index (χ0v) is 30.2. The third-order valence-electron chi connectivity index (χ3n) is 9.13. The molecule has 10 heteroatoms. The second kappa shape index (κ2) is 18.7. The van der Waals surface area contributed by atoms with E-state index in [-0.39, 0.29) is 44.1 Å². The Morgan fingerprint density at radius 2 is 1.36 bits per heavy atom. The third kappa shape index (κ3) is 10.2. The highest BCUT2D eigenvalue weighted by Gasteiger charge is 2.45. The zero-order chi connectivity index (χ0) is 36.2. The smallest absolute Gasteiger partial charge is 0.416 e. The van der Waals surface area contributed by atoms with Crippen molar-refractivity contribution in [1.29, 1.82) is 0 Å². The van der Waals surface area contributed by atoms with Gasteiger partial charge in [-0.15, -0.1) is 0 Å². The standard InChI is InChI=1S/C40H51NO9/c1-26(2)33-25-49-40(44)41(33)38(42)28(5)34(47-24-30-18-20-32(45-6)21-19-30)22-35(48-23-29-14-10-8-11-15-29)37(46-7)36(27(3)4)50-39(43)31-16-12-9-13-17-31/h8-21,26-28,33-37H,22-25H2,1-7H3/t28-,33+,34+,35-,36-,37+/m1/s1. The number of cyclic esters (lactones) is 1. The van der Waals surface area contributed by atoms with Crippen LogP contribution < -0.4 is 4.74 Å². The van der Waals surface area contributed by atoms with Gasteiger partial charge in [0.05, 0.1) is 50.1 Å². The fourth-order valence-electron chi connectivity index (χ4n) is 6.05. The van der Waals surface area contributed by atoms with E-state index in [0.717, 1.165) is 11.1 Å². The first-order chi connectivity index (χ1) is 24.0. The molecule has 0 unspecified atom stereocenters. The lowest BCUT2D eigenvalue weighted by molar-refractivity contribution is -0.153. The van der Waals surface area contributed by atoms with Crippen LogP contribution in [0, 0.1) is 17.8 Å². The van der Waals surface area contributed by atoms with E-state index in [1.54, 1.807) is 45.4 Å². The van der Waals surface area contributed by atoms with Crippen LogP contribution in [0.2, 0.25) is 0 Å². The van der Waals surface area contributed by atoms with Crippen LogP contribution in [0.15, 0.2) is 84.9 Å². The Hall–Kier alpha value is -4.25. The SMILES string of the molecule is COc1ccc(CO[C@@H](C[C@@H](OCc2ccccc2)[C@H](OC)[C@H](OC(=O)c2ccccc2)C(C)C)[C@@H](C)C(=O)N2C(=O)OC[C@H]2C(C)C)cc1. The molecule has 1 saturated heterocycles. The van der Waals surface area contributed by atoms with Gasteiger partial charge in [0, 0.05) is 13.5 Å². The first kappa shape index (κ1) is 38.6. The number of carbonyl (C=O) groups excluding carboxylic acids is 3. The summed E-state index contributed by atoms with van der Waals surface area (Å²) in [6.45, 7) is 10.1. The van der Waals surface area contributed by atoms with E-state index in [2.05, 4.69) is 0 Å². The summed E-state index contributed by atoms with van der Waals surface area (Å²) in [6.07, 6.45) is -3.34. The molecular weight excluding hydrogens is 638 g/mol. The average Bonchev–Trinajstić information content (AvgIpc) is 3.53. The predicted octanol–water partition coefficient (Wildman–Crippen LogP) is 7.09. The summed E-state index contributed by atoms with van der Waals surface area (Å²) >= 11 is 0. The average molecular weight is 690 g/mol. The Kier molecular flexibility index (Phi) is 14.4. The van der Waals surface area contributed by atoms with Gasteiger partial charge < -0.3 is 28.4 Å². The van der Waals surface area contributed by atoms with Crippen molar-refractivity contribution in [3.63, 3.8) is 0 Å². The number of nitrogens with zero attached hydrogens (tertiary/aromatic N) is 1. The molecule has 1 heterocycles. The van der Waals surface area contributed by atoms with E-state index >= 15 is 0 Å². The molecule has 270 valence electrons. The van der Waals surface area contributed by atoms with Gasteiger partial charge in [-0.05, 0) is 47.2 Å². The molecule has 0 saturated carbocycles. The van der Waals surface area contributed by atoms with Crippen LogP contribution in [0.4, 0.5) is 4.79 Å². The Morgan fingerprint density at radius 1 is 0.780 bits per heavy atom. The van der Waals surface area contributed by atoms with Gasteiger partial charge in [-0.3, -0.25) is 4.79 Å². The summed E-state index contributed by atoms with van der Waals surface area (Å²) in [5, 5.41) is 0. The molecule has 0 aliphatic carbocycles. The molecule has 10 nitrogen and oxygen atoms in total. The molecule has 3 aromatic carbocycles. The van der Waals surface area contributed by atoms with E-state index in [1.165, 1.54) is 4.90 Å². The summed E-state index contributed by atoms with van der Waals surface area (Å²) in [6, 6.07) is 25.6. The van der Waals surface area contributed by atoms with Gasteiger partial charge in [0.25, 0.3) is 0 Å². The van der Waals surface area contributed by atoms with Crippen molar-refractivity contribution in [2.45, 2.75) is 84.7 Å². The maximum absolute atomic E-state index is 14.1. The van der Waals surface area contributed by atoms with Gasteiger partial charge >= 0.3 is 12.1 Å². The molecule has 50 heavy (non-hydrogen) atoms. The number of imide groups is 1. The van der Waals surface area contributed by atoms with E-state index in [9.17, 15) is 14.4 Å². The maximum Gasteiger partial charge on any atom is 0.416 e. The number of esters is 1. The first-order valence-corrected chi connectivity index (χ1v) is 17.2. The summed E-state index contributed by atoms with van der Waals surface area (Å²) in [7, 11) is 3.16. The molecule has 0 N–H and O–H groups in total. The van der Waals surface area contributed by atoms with Crippen molar-refractivity contribution in [3.8, 4) is 5.75 Å². The highest BCUT2D eigenvalue weighted by atomic mass is 16.6. The molecule has 1 aliphatic rings. The number of carbonyl (C=O) groups is 3. The minimum atomic E-state index is -0.773. The Bertz CT molecular complexity index is 1500. The molecule has 3 aromatic rings. The van der Waals surface area contributed by atoms with Gasteiger partial charge in [-0.25, -0.2) is 14.5 Å². The first-order valence-electron chi connectivity index (χ1n) is 17.2. The van der Waals surface area contributed by atoms with E-state index in [1.807, 2.05) is 88.4 Å². The van der Waals surface area contributed by atoms with E-state index in [0.29, 0.717) is 11.3 Å². The molecule has 0 radical (unpaired) electrons. The lowest BCUT2D eigenvalue weighted by atomic mass is 9.90. The van der Waals surface area contributed by atoms with E-state index in [4.69, 9.17) is 28.4 Å². The van der Waals surface area contributed by atoms with Gasteiger partial charge in [0.15, 0.2) is 0 Å². The minimum absolute atomic E-state index is 0.00203. The number of amides is 2. The second-order valence-electron chi connectivity index (χ2n) is 13.3. The van der Waals surface area contributed by atoms with Gasteiger partial charge in [0.1, 0.15) is 24.6 Å². The molecule has 0 spiro atoms. The van der Waals surface area contributed by atoms with Gasteiger partial charge in [-0.2, -0.15) is 0 Å². The van der Waals surface area contributed by atoms with Gasteiger partial charge in [0.2, 0.25) is 5.91 Å². The number of hydrogen-bond donors (Lipinski definition) is 0. The maximum atomic E-state index is 14.1. The van der Waals surface area contributed by atoms with Crippen LogP contribution in [0.5, 0.6) is 5.75 Å². The molecule has 0 aromatic heterocycles. The summed E-state index contributed by atoms with van der Waals surface area (Å²) < 4.78 is 36.0. The Labute approximate surface area is 295 Å². The Morgan fingerprint density at radius 3 is 1.92 bits per heavy atom. The number of methoxy groups -OCH3 is 2. The molecule has 1 fully saturated rings. The highest BCUT2D eigenvalue weighted by molar-refractivity contribution is 5.95. The molecule has 6 atom stereocenters. The van der Waals surface area contributed by atoms with Crippen LogP contribution in [-0.2, 0) is 41.7 Å². The molecule has 4 rings (SSSR count). The van der Waals surface area contributed by atoms with Crippen LogP contribution in [0.25, 0.3) is 0 Å². The van der Waals surface area contributed by atoms with Crippen LogP contribution >= 0.6 is 0 Å². The van der Waals surface area contributed by atoms with Crippen molar-refractivity contribution >= 4 is 18.0 Å². The fraction of sp³-hybridized carbons (Fsp3) is 0.475. The quantitative estimate of drug-likeness (QED) is 0.129. The second-order valence-corrected chi connectivity index (χ2v) is 13.3. The molecule has 2 amide bonds. The van der Waals surface area contributed by atoms with Crippen molar-refractivity contribution in [2.75, 3.05) is 20.8 Å². The van der Waals surface area contributed by atoms with Crippen LogP contribution in [-0.4, -0.2) is 74.2 Å². The van der Waals surface area contributed by atoms with Crippen molar-refractivity contribution in [2.24, 2.45) is 17.8 Å². The largest absolute Gasteiger partial charge is 0.497 e. The summed E-state index contributed by atoms with van der Waals surface area (Å²) in [4.78, 5) is 41.5. The topological polar surface area (TPSA) is 110 Å². The van der Waals surface area contributed by atoms with E-state index < -0.39 is 48.3 Å². The Balaban J connectivity index is 1.68. The molecule has 0 bridgehead atoms. The monoisotopic (exact) mass is 689 g/mol. The molecular formula is C40H51NO9. The highest BCUT2D eigenvalue weighted by Crippen LogP contribution is 2.30. The lowest BCUT2D eigenvalue weighted by Gasteiger charge is -2.37. The lowest BCUT2D eigenvalue weighted by Crippen LogP contribution is -2.50. The zero-order valence-electron chi connectivity index (χ0n) is 30.2. The van der Waals surface area contributed by atoms with Crippen LogP contribution in [0.1, 0.15) is 62.5 Å². The van der Waals surface area contributed by atoms with Crippen molar-refractivity contribution < 1.29 is 42.8 Å². The number of rotatable bonds is 18. The van der Waals surface area contributed by atoms with Gasteiger partial charge in [-0.1, -0.05) is 95.3 Å². The fourth-order valence-corrected chi connectivity index (χ4v) is 6.05. The number of benzene rings is 3. The minimum Gasteiger partial charge on any atom is -0.497 e. The van der Waals surface area contributed by atoms with Crippen LogP contribution in [0.3, 0.4) is 0 Å². The summed E-state index contributed by atoms with van der Waals surface area (Å²) in [5.41, 5.74) is 2.24. The third-order valence-corrected chi connectivity index (χ3v) is 9.13. The number of ether oxygens (including phenoxy) is 6. The van der Waals surface area contributed by atoms with Crippen molar-refractivity contribution in [1.82, 2.24) is 4.90 Å². The predicted molar refractivity (Wildman–Crippen MR) is 188 cm³/mol. The number of hydrogen-bond acceptors (Lipinski definition) is 9.